The molecule has 0 aromatic heterocycles. The van der Waals surface area contributed by atoms with Gasteiger partial charge >= 0.3 is 0 Å². The van der Waals surface area contributed by atoms with E-state index in [-0.39, 0.29) is 10.8 Å². The molecule has 0 bridgehead atoms. The minimum atomic E-state index is -3.73. The Labute approximate surface area is 177 Å². The average Bonchev–Trinajstić information content (AvgIpc) is 2.74. The summed E-state index contributed by atoms with van der Waals surface area (Å²) in [4.78, 5) is 12.6. The van der Waals surface area contributed by atoms with Crippen molar-refractivity contribution in [2.75, 3.05) is 16.6 Å². The van der Waals surface area contributed by atoms with Crippen molar-refractivity contribution in [3.05, 3.63) is 83.9 Å². The molecule has 2 N–H and O–H groups in total. The van der Waals surface area contributed by atoms with Crippen molar-refractivity contribution < 1.29 is 17.9 Å². The zero-order valence-electron chi connectivity index (χ0n) is 16.9. The molecule has 0 atom stereocenters. The summed E-state index contributed by atoms with van der Waals surface area (Å²) >= 11 is 0. The number of rotatable bonds is 8. The molecule has 0 aliphatic carbocycles. The van der Waals surface area contributed by atoms with Gasteiger partial charge in [0, 0.05) is 16.9 Å². The minimum Gasteiger partial charge on any atom is -0.494 e. The van der Waals surface area contributed by atoms with E-state index in [0.717, 1.165) is 17.7 Å². The van der Waals surface area contributed by atoms with Crippen molar-refractivity contribution >= 4 is 27.3 Å². The van der Waals surface area contributed by atoms with Crippen LogP contribution in [0.3, 0.4) is 0 Å². The number of benzene rings is 3. The number of aryl methyl sites for hydroxylation is 1. The van der Waals surface area contributed by atoms with E-state index in [4.69, 9.17) is 4.74 Å². The molecule has 0 saturated carbocycles. The summed E-state index contributed by atoms with van der Waals surface area (Å²) in [6, 6.07) is 19.9. The Kier molecular flexibility index (Phi) is 6.74. The van der Waals surface area contributed by atoms with Gasteiger partial charge in [0.25, 0.3) is 15.9 Å². The lowest BCUT2D eigenvalue weighted by Gasteiger charge is -2.12. The Morgan fingerprint density at radius 3 is 2.30 bits per heavy atom. The third-order valence-corrected chi connectivity index (χ3v) is 5.77. The smallest absolute Gasteiger partial charge is 0.261 e. The monoisotopic (exact) mass is 424 g/mol. The van der Waals surface area contributed by atoms with Crippen molar-refractivity contribution in [2.45, 2.75) is 25.2 Å². The highest BCUT2D eigenvalue weighted by Gasteiger charge is 2.15. The highest BCUT2D eigenvalue weighted by Crippen LogP contribution is 2.23. The maximum Gasteiger partial charge on any atom is 0.261 e. The molecular formula is C23H24N2O4S. The van der Waals surface area contributed by atoms with Gasteiger partial charge in [-0.3, -0.25) is 9.52 Å². The topological polar surface area (TPSA) is 84.5 Å². The number of carbonyl (C=O) groups excluding carboxylic acids is 1. The number of amides is 1. The van der Waals surface area contributed by atoms with Gasteiger partial charge < -0.3 is 10.1 Å². The summed E-state index contributed by atoms with van der Waals surface area (Å²) in [5.41, 5.74) is 2.38. The van der Waals surface area contributed by atoms with Gasteiger partial charge in [-0.1, -0.05) is 25.1 Å². The average molecular weight is 425 g/mol. The number of carbonyl (C=O) groups is 1. The van der Waals surface area contributed by atoms with Gasteiger partial charge in [-0.2, -0.15) is 0 Å². The quantitative estimate of drug-likeness (QED) is 0.542. The van der Waals surface area contributed by atoms with Crippen LogP contribution in [-0.4, -0.2) is 20.9 Å². The predicted molar refractivity (Wildman–Crippen MR) is 119 cm³/mol. The Morgan fingerprint density at radius 2 is 1.67 bits per heavy atom. The predicted octanol–water partition coefficient (Wildman–Crippen LogP) is 4.84. The molecule has 0 unspecified atom stereocenters. The van der Waals surface area contributed by atoms with E-state index in [9.17, 15) is 13.2 Å². The first-order valence-corrected chi connectivity index (χ1v) is 11.1. The lowest BCUT2D eigenvalue weighted by molar-refractivity contribution is 0.102. The molecule has 7 heteroatoms. The largest absolute Gasteiger partial charge is 0.494 e. The van der Waals surface area contributed by atoms with Crippen LogP contribution in [0.4, 0.5) is 11.4 Å². The van der Waals surface area contributed by atoms with Crippen molar-refractivity contribution in [1.29, 1.82) is 0 Å². The lowest BCUT2D eigenvalue weighted by Crippen LogP contribution is -2.15. The molecule has 0 heterocycles. The minimum absolute atomic E-state index is 0.0801. The number of hydrogen-bond donors (Lipinski definition) is 2. The molecule has 0 radical (unpaired) electrons. The van der Waals surface area contributed by atoms with Crippen LogP contribution in [-0.2, 0) is 10.0 Å². The van der Waals surface area contributed by atoms with Crippen LogP contribution in [0, 0.1) is 6.92 Å². The summed E-state index contributed by atoms with van der Waals surface area (Å²) in [6.45, 7) is 4.56. The van der Waals surface area contributed by atoms with E-state index in [0.29, 0.717) is 23.5 Å². The molecule has 0 spiro atoms. The van der Waals surface area contributed by atoms with Gasteiger partial charge in [-0.05, 0) is 73.5 Å². The normalized spacial score (nSPS) is 11.0. The van der Waals surface area contributed by atoms with Crippen LogP contribution in [0.2, 0.25) is 0 Å². The van der Waals surface area contributed by atoms with Crippen molar-refractivity contribution in [1.82, 2.24) is 0 Å². The maximum absolute atomic E-state index is 12.6. The first-order chi connectivity index (χ1) is 14.4. The molecule has 0 saturated heterocycles. The SMILES string of the molecule is CCCOc1ccc(NC(=O)c2ccc(S(=O)(=O)Nc3ccccc3)cc2)c(C)c1. The maximum atomic E-state index is 12.6. The third kappa shape index (κ3) is 5.39. The molecular weight excluding hydrogens is 400 g/mol. The summed E-state index contributed by atoms with van der Waals surface area (Å²) in [6.07, 6.45) is 0.921. The Balaban J connectivity index is 1.69. The summed E-state index contributed by atoms with van der Waals surface area (Å²) < 4.78 is 33.1. The van der Waals surface area contributed by atoms with Gasteiger partial charge in [-0.25, -0.2) is 8.42 Å². The molecule has 30 heavy (non-hydrogen) atoms. The Bertz CT molecular complexity index is 1110. The fraction of sp³-hybridized carbons (Fsp3) is 0.174. The van der Waals surface area contributed by atoms with Crippen molar-refractivity contribution in [3.63, 3.8) is 0 Å². The fourth-order valence-corrected chi connectivity index (χ4v) is 3.84. The number of ether oxygens (including phenoxy) is 1. The lowest BCUT2D eigenvalue weighted by atomic mass is 10.1. The van der Waals surface area contributed by atoms with Crippen molar-refractivity contribution in [2.24, 2.45) is 0 Å². The standard InChI is InChI=1S/C23H24N2O4S/c1-3-15-29-20-11-14-22(17(2)16-20)24-23(26)18-9-12-21(13-10-18)30(27,28)25-19-7-5-4-6-8-19/h4-14,16,25H,3,15H2,1-2H3,(H,24,26). The third-order valence-electron chi connectivity index (χ3n) is 4.37. The van der Waals surface area contributed by atoms with E-state index < -0.39 is 10.0 Å². The summed E-state index contributed by atoms with van der Waals surface area (Å²) in [5.74, 6) is 0.438. The van der Waals surface area contributed by atoms with Crippen LogP contribution >= 0.6 is 0 Å². The second kappa shape index (κ2) is 9.45. The fourth-order valence-electron chi connectivity index (χ4n) is 2.79. The summed E-state index contributed by atoms with van der Waals surface area (Å²) in [7, 11) is -3.73. The van der Waals surface area contributed by atoms with Gasteiger partial charge in [0.15, 0.2) is 0 Å². The van der Waals surface area contributed by atoms with E-state index in [2.05, 4.69) is 10.0 Å². The molecule has 3 aromatic rings. The van der Waals surface area contributed by atoms with Gasteiger partial charge in [-0.15, -0.1) is 0 Å². The molecule has 6 nitrogen and oxygen atoms in total. The molecule has 1 amide bonds. The van der Waals surface area contributed by atoms with Crippen LogP contribution < -0.4 is 14.8 Å². The molecule has 0 aliphatic rings. The number of para-hydroxylation sites is 1. The Hall–Kier alpha value is -3.32. The zero-order chi connectivity index (χ0) is 21.6. The molecule has 3 rings (SSSR count). The first kappa shape index (κ1) is 21.4. The van der Waals surface area contributed by atoms with Crippen LogP contribution in [0.15, 0.2) is 77.7 Å². The molecule has 3 aromatic carbocycles. The van der Waals surface area contributed by atoms with Crippen LogP contribution in [0.1, 0.15) is 29.3 Å². The molecule has 156 valence electrons. The van der Waals surface area contributed by atoms with Crippen LogP contribution in [0.5, 0.6) is 5.75 Å². The Morgan fingerprint density at radius 1 is 0.967 bits per heavy atom. The first-order valence-electron chi connectivity index (χ1n) is 9.62. The molecule has 0 fully saturated rings. The van der Waals surface area contributed by atoms with E-state index in [1.807, 2.05) is 26.0 Å². The summed E-state index contributed by atoms with van der Waals surface area (Å²) in [5, 5.41) is 2.85. The molecule has 0 aliphatic heterocycles. The van der Waals surface area contributed by atoms with E-state index in [1.54, 1.807) is 36.4 Å². The number of anilines is 2. The second-order valence-corrected chi connectivity index (χ2v) is 8.46. The van der Waals surface area contributed by atoms with E-state index in [1.165, 1.54) is 24.3 Å². The van der Waals surface area contributed by atoms with Crippen molar-refractivity contribution in [3.8, 4) is 5.75 Å². The highest BCUT2D eigenvalue weighted by atomic mass is 32.2. The number of hydrogen-bond acceptors (Lipinski definition) is 4. The van der Waals surface area contributed by atoms with Gasteiger partial charge in [0.2, 0.25) is 0 Å². The van der Waals surface area contributed by atoms with Gasteiger partial charge in [0.05, 0.1) is 11.5 Å². The number of nitrogens with one attached hydrogen (secondary N) is 2. The van der Waals surface area contributed by atoms with Gasteiger partial charge in [0.1, 0.15) is 5.75 Å². The zero-order valence-corrected chi connectivity index (χ0v) is 17.7. The number of sulfonamides is 1. The van der Waals surface area contributed by atoms with E-state index >= 15 is 0 Å². The highest BCUT2D eigenvalue weighted by molar-refractivity contribution is 7.92. The second-order valence-electron chi connectivity index (χ2n) is 6.78. The van der Waals surface area contributed by atoms with Crippen LogP contribution in [0.25, 0.3) is 0 Å².